The van der Waals surface area contributed by atoms with E-state index in [-0.39, 0.29) is 11.9 Å². The van der Waals surface area contributed by atoms with E-state index in [4.69, 9.17) is 0 Å². The molecule has 0 saturated carbocycles. The molecule has 108 valence electrons. The first-order valence-corrected chi connectivity index (χ1v) is 7.48. The van der Waals surface area contributed by atoms with Gasteiger partial charge in [-0.3, -0.25) is 14.6 Å². The largest absolute Gasteiger partial charge is 0.353 e. The molecule has 2 aromatic heterocycles. The van der Waals surface area contributed by atoms with Crippen LogP contribution >= 0.6 is 11.8 Å². The fourth-order valence-electron chi connectivity index (χ4n) is 1.78. The Morgan fingerprint density at radius 3 is 3.05 bits per heavy atom. The van der Waals surface area contributed by atoms with Gasteiger partial charge in [0.25, 0.3) is 0 Å². The normalized spacial score (nSPS) is 12.3. The molecule has 0 aromatic carbocycles. The van der Waals surface area contributed by atoms with Crippen LogP contribution in [0.5, 0.6) is 0 Å². The summed E-state index contributed by atoms with van der Waals surface area (Å²) in [7, 11) is 0. The maximum atomic E-state index is 12.1. The maximum Gasteiger partial charge on any atom is 0.244 e. The van der Waals surface area contributed by atoms with E-state index >= 15 is 0 Å². The molecular weight excluding hydrogens is 276 g/mol. The number of rotatable bonds is 7. The Kier molecular flexibility index (Phi) is 5.16. The molecule has 0 saturated heterocycles. The zero-order valence-electron chi connectivity index (χ0n) is 11.5. The van der Waals surface area contributed by atoms with E-state index < -0.39 is 0 Å². The second-order valence-electron chi connectivity index (χ2n) is 4.25. The predicted octanol–water partition coefficient (Wildman–Crippen LogP) is 1.17. The lowest BCUT2D eigenvalue weighted by molar-refractivity contribution is -0.124. The fraction of sp³-hybridized carbons (Fsp3) is 0.500. The summed E-state index contributed by atoms with van der Waals surface area (Å²) in [5, 5.41) is 14.5. The number of H-pyrrole nitrogens is 1. The quantitative estimate of drug-likeness (QED) is 0.591. The van der Waals surface area contributed by atoms with Crippen LogP contribution in [0, 0.1) is 6.92 Å². The summed E-state index contributed by atoms with van der Waals surface area (Å²) in [6, 6.07) is 1.57. The monoisotopic (exact) mass is 294 g/mol. The van der Waals surface area contributed by atoms with Crippen molar-refractivity contribution in [3.63, 3.8) is 0 Å². The zero-order chi connectivity index (χ0) is 14.4. The van der Waals surface area contributed by atoms with Crippen molar-refractivity contribution >= 4 is 17.7 Å². The Labute approximate surface area is 121 Å². The van der Waals surface area contributed by atoms with Crippen LogP contribution in [0.2, 0.25) is 0 Å². The zero-order valence-corrected chi connectivity index (χ0v) is 12.4. The summed E-state index contributed by atoms with van der Waals surface area (Å²) in [5.41, 5.74) is 0. The molecule has 0 aliphatic carbocycles. The van der Waals surface area contributed by atoms with E-state index in [1.54, 1.807) is 17.1 Å². The molecule has 0 spiro atoms. The van der Waals surface area contributed by atoms with Gasteiger partial charge in [-0.25, -0.2) is 4.98 Å². The van der Waals surface area contributed by atoms with Crippen molar-refractivity contribution in [2.45, 2.75) is 31.5 Å². The summed E-state index contributed by atoms with van der Waals surface area (Å²) < 4.78 is 1.68. The van der Waals surface area contributed by atoms with Crippen LogP contribution in [0.4, 0.5) is 0 Å². The lowest BCUT2D eigenvalue weighted by atomic mass is 10.2. The smallest absolute Gasteiger partial charge is 0.244 e. The Bertz CT molecular complexity index is 538. The van der Waals surface area contributed by atoms with Crippen molar-refractivity contribution < 1.29 is 4.79 Å². The highest BCUT2D eigenvalue weighted by Gasteiger charge is 2.17. The fourth-order valence-corrected chi connectivity index (χ4v) is 2.48. The summed E-state index contributed by atoms with van der Waals surface area (Å²) in [5.74, 6) is 1.52. The van der Waals surface area contributed by atoms with Crippen LogP contribution in [0.25, 0.3) is 0 Å². The van der Waals surface area contributed by atoms with E-state index in [2.05, 4.69) is 25.6 Å². The molecule has 1 amide bonds. The van der Waals surface area contributed by atoms with Crippen LogP contribution in [-0.4, -0.2) is 43.2 Å². The molecule has 20 heavy (non-hydrogen) atoms. The number of aromatic nitrogens is 5. The lowest BCUT2D eigenvalue weighted by Gasteiger charge is -2.15. The first kappa shape index (κ1) is 14.6. The minimum Gasteiger partial charge on any atom is -0.353 e. The van der Waals surface area contributed by atoms with Gasteiger partial charge < -0.3 is 5.32 Å². The Morgan fingerprint density at radius 1 is 1.60 bits per heavy atom. The number of carbonyl (C=O) groups is 1. The first-order valence-electron chi connectivity index (χ1n) is 6.49. The third-order valence-corrected chi connectivity index (χ3v) is 3.59. The van der Waals surface area contributed by atoms with Crippen molar-refractivity contribution in [1.29, 1.82) is 0 Å². The maximum absolute atomic E-state index is 12.1. The molecule has 8 heteroatoms. The third kappa shape index (κ3) is 3.83. The average molecular weight is 294 g/mol. The van der Waals surface area contributed by atoms with Crippen molar-refractivity contribution in [3.05, 3.63) is 24.3 Å². The number of aryl methyl sites for hydroxylation is 1. The van der Waals surface area contributed by atoms with Crippen molar-refractivity contribution in [2.75, 3.05) is 12.3 Å². The van der Waals surface area contributed by atoms with E-state index in [1.165, 1.54) is 11.8 Å². The van der Waals surface area contributed by atoms with Gasteiger partial charge >= 0.3 is 0 Å². The molecular formula is C12H18N6OS. The highest BCUT2D eigenvalue weighted by atomic mass is 32.2. The molecule has 1 unspecified atom stereocenters. The number of hydrogen-bond acceptors (Lipinski definition) is 5. The Morgan fingerprint density at radius 2 is 2.45 bits per heavy atom. The van der Waals surface area contributed by atoms with Gasteiger partial charge in [0.15, 0.2) is 0 Å². The molecule has 0 bridgehead atoms. The van der Waals surface area contributed by atoms with Gasteiger partial charge in [0.2, 0.25) is 11.1 Å². The summed E-state index contributed by atoms with van der Waals surface area (Å²) in [4.78, 5) is 16.3. The predicted molar refractivity (Wildman–Crippen MR) is 76.4 cm³/mol. The standard InChI is InChI=1S/C12H18N6OS/c1-3-10(18-7-4-5-14-18)11(19)13-6-8-20-12-15-9(2)16-17-12/h4-5,7,10H,3,6,8H2,1-2H3,(H,13,19)(H,15,16,17). The SMILES string of the molecule is CCC(C(=O)NCCSc1n[nH]c(C)n1)n1cccn1. The van der Waals surface area contributed by atoms with E-state index in [1.807, 2.05) is 19.9 Å². The molecule has 0 aliphatic heterocycles. The number of nitrogens with one attached hydrogen (secondary N) is 2. The number of thioether (sulfide) groups is 1. The second kappa shape index (κ2) is 7.09. The van der Waals surface area contributed by atoms with Gasteiger partial charge in [0, 0.05) is 24.7 Å². The Balaban J connectivity index is 1.74. The topological polar surface area (TPSA) is 88.5 Å². The lowest BCUT2D eigenvalue weighted by Crippen LogP contribution is -2.33. The number of aromatic amines is 1. The van der Waals surface area contributed by atoms with Crippen molar-refractivity contribution in [2.24, 2.45) is 0 Å². The van der Waals surface area contributed by atoms with Gasteiger partial charge in [-0.15, -0.1) is 5.10 Å². The second-order valence-corrected chi connectivity index (χ2v) is 5.32. The molecule has 0 radical (unpaired) electrons. The summed E-state index contributed by atoms with van der Waals surface area (Å²) >= 11 is 1.51. The summed E-state index contributed by atoms with van der Waals surface area (Å²) in [6.45, 7) is 4.40. The summed E-state index contributed by atoms with van der Waals surface area (Å²) in [6.07, 6.45) is 4.19. The van der Waals surface area contributed by atoms with Gasteiger partial charge in [-0.1, -0.05) is 18.7 Å². The highest BCUT2D eigenvalue weighted by Crippen LogP contribution is 2.12. The number of carbonyl (C=O) groups excluding carboxylic acids is 1. The number of amides is 1. The third-order valence-electron chi connectivity index (χ3n) is 2.74. The van der Waals surface area contributed by atoms with Crippen molar-refractivity contribution in [3.8, 4) is 0 Å². The number of nitrogens with zero attached hydrogens (tertiary/aromatic N) is 4. The highest BCUT2D eigenvalue weighted by molar-refractivity contribution is 7.99. The first-order chi connectivity index (χ1) is 9.70. The van der Waals surface area contributed by atoms with E-state index in [9.17, 15) is 4.79 Å². The Hall–Kier alpha value is -1.83. The minimum atomic E-state index is -0.249. The van der Waals surface area contributed by atoms with Crippen molar-refractivity contribution in [1.82, 2.24) is 30.3 Å². The van der Waals surface area contributed by atoms with Crippen LogP contribution in [0.3, 0.4) is 0 Å². The molecule has 2 rings (SSSR count). The van der Waals surface area contributed by atoms with Crippen LogP contribution in [0.15, 0.2) is 23.6 Å². The molecule has 0 aliphatic rings. The molecule has 1 atom stereocenters. The molecule has 2 heterocycles. The molecule has 2 aromatic rings. The molecule has 7 nitrogen and oxygen atoms in total. The number of hydrogen-bond donors (Lipinski definition) is 2. The molecule has 2 N–H and O–H groups in total. The average Bonchev–Trinajstić information content (AvgIpc) is 3.08. The van der Waals surface area contributed by atoms with Crippen LogP contribution in [-0.2, 0) is 4.79 Å². The van der Waals surface area contributed by atoms with E-state index in [0.29, 0.717) is 18.1 Å². The van der Waals surface area contributed by atoms with Crippen LogP contribution < -0.4 is 5.32 Å². The van der Waals surface area contributed by atoms with Crippen LogP contribution in [0.1, 0.15) is 25.2 Å². The van der Waals surface area contributed by atoms with Gasteiger partial charge in [0.05, 0.1) is 0 Å². The van der Waals surface area contributed by atoms with Gasteiger partial charge in [-0.05, 0) is 19.4 Å². The molecule has 0 fully saturated rings. The van der Waals surface area contributed by atoms with Gasteiger partial charge in [0.1, 0.15) is 11.9 Å². The van der Waals surface area contributed by atoms with E-state index in [0.717, 1.165) is 11.6 Å². The van der Waals surface area contributed by atoms with Gasteiger partial charge in [-0.2, -0.15) is 5.10 Å². The minimum absolute atomic E-state index is 0.0111.